The van der Waals surface area contributed by atoms with E-state index < -0.39 is 23.6 Å². The molecule has 1 fully saturated rings. The second-order valence-electron chi connectivity index (χ2n) is 5.29. The van der Waals surface area contributed by atoms with E-state index in [1.807, 2.05) is 13.8 Å². The number of halogens is 3. The van der Waals surface area contributed by atoms with Gasteiger partial charge in [-0.05, 0) is 37.0 Å². The number of aliphatic carboxylic acids is 1. The number of carbonyl (C=O) groups is 1. The van der Waals surface area contributed by atoms with Crippen molar-refractivity contribution in [3.8, 4) is 0 Å². The number of carboxylic acid groups (broad SMARTS) is 1. The van der Waals surface area contributed by atoms with Gasteiger partial charge in [0.25, 0.3) is 0 Å². The van der Waals surface area contributed by atoms with Crippen LogP contribution in [0.3, 0.4) is 0 Å². The van der Waals surface area contributed by atoms with Crippen molar-refractivity contribution in [2.45, 2.75) is 44.8 Å². The zero-order valence-electron chi connectivity index (χ0n) is 9.92. The Hall–Kier alpha value is -0.780. The summed E-state index contributed by atoms with van der Waals surface area (Å²) in [7, 11) is 0. The van der Waals surface area contributed by atoms with E-state index in [4.69, 9.17) is 10.8 Å². The van der Waals surface area contributed by atoms with Gasteiger partial charge in [-0.25, -0.2) is 4.79 Å². The Labute approximate surface area is 98.2 Å². The fourth-order valence-electron chi connectivity index (χ4n) is 2.85. The summed E-state index contributed by atoms with van der Waals surface area (Å²) in [5, 5.41) is 8.85. The van der Waals surface area contributed by atoms with Crippen LogP contribution in [0.15, 0.2) is 0 Å². The first-order chi connectivity index (χ1) is 7.59. The minimum atomic E-state index is -4.92. The molecule has 3 unspecified atom stereocenters. The fraction of sp³-hybridized carbons (Fsp3) is 0.909. The fourth-order valence-corrected chi connectivity index (χ4v) is 2.85. The molecule has 1 rings (SSSR count). The molecule has 0 radical (unpaired) electrons. The number of rotatable bonds is 2. The third kappa shape index (κ3) is 2.56. The predicted molar refractivity (Wildman–Crippen MR) is 56.3 cm³/mol. The first-order valence-corrected chi connectivity index (χ1v) is 5.68. The van der Waals surface area contributed by atoms with E-state index in [0.717, 1.165) is 6.42 Å². The Morgan fingerprint density at radius 2 is 1.59 bits per heavy atom. The van der Waals surface area contributed by atoms with Gasteiger partial charge in [-0.1, -0.05) is 13.8 Å². The number of nitrogens with two attached hydrogens (primary N) is 1. The van der Waals surface area contributed by atoms with Crippen molar-refractivity contribution < 1.29 is 23.1 Å². The van der Waals surface area contributed by atoms with Crippen LogP contribution in [0.5, 0.6) is 0 Å². The molecule has 3 nitrogen and oxygen atoms in total. The smallest absolute Gasteiger partial charge is 0.417 e. The Balaban J connectivity index is 3.03. The predicted octanol–water partition coefficient (Wildman–Crippen LogP) is 2.40. The van der Waals surface area contributed by atoms with Gasteiger partial charge in [0, 0.05) is 0 Å². The molecule has 1 aliphatic carbocycles. The van der Waals surface area contributed by atoms with E-state index in [9.17, 15) is 18.0 Å². The summed E-state index contributed by atoms with van der Waals surface area (Å²) in [6.45, 7) is 3.67. The van der Waals surface area contributed by atoms with E-state index in [-0.39, 0.29) is 24.7 Å². The van der Waals surface area contributed by atoms with Crippen molar-refractivity contribution in [2.75, 3.05) is 0 Å². The summed E-state index contributed by atoms with van der Waals surface area (Å²) < 4.78 is 38.7. The topological polar surface area (TPSA) is 63.3 Å². The van der Waals surface area contributed by atoms with E-state index in [0.29, 0.717) is 0 Å². The molecule has 0 aromatic rings. The summed E-state index contributed by atoms with van der Waals surface area (Å²) in [6.07, 6.45) is -3.66. The van der Waals surface area contributed by atoms with E-state index in [1.165, 1.54) is 0 Å². The first-order valence-electron chi connectivity index (χ1n) is 5.68. The molecular formula is C11H18F3NO2. The van der Waals surface area contributed by atoms with Crippen LogP contribution in [0.2, 0.25) is 0 Å². The van der Waals surface area contributed by atoms with Gasteiger partial charge in [0.2, 0.25) is 5.54 Å². The highest BCUT2D eigenvalue weighted by Crippen LogP contribution is 2.44. The molecule has 0 aliphatic heterocycles. The minimum Gasteiger partial charge on any atom is -0.480 e. The van der Waals surface area contributed by atoms with Gasteiger partial charge in [0.1, 0.15) is 0 Å². The van der Waals surface area contributed by atoms with E-state index in [2.05, 4.69) is 0 Å². The van der Waals surface area contributed by atoms with E-state index >= 15 is 0 Å². The van der Waals surface area contributed by atoms with Crippen LogP contribution in [-0.2, 0) is 4.79 Å². The SMILES string of the molecule is CC1CC(C)CC(C(N)(C(=O)O)C(F)(F)F)C1. The lowest BCUT2D eigenvalue weighted by molar-refractivity contribution is -0.217. The lowest BCUT2D eigenvalue weighted by atomic mass is 9.68. The largest absolute Gasteiger partial charge is 0.480 e. The molecule has 1 aliphatic rings. The van der Waals surface area contributed by atoms with Gasteiger partial charge in [-0.2, -0.15) is 13.2 Å². The van der Waals surface area contributed by atoms with Crippen LogP contribution in [0.4, 0.5) is 13.2 Å². The number of carboxylic acids is 1. The van der Waals surface area contributed by atoms with Crippen LogP contribution in [0.25, 0.3) is 0 Å². The summed E-state index contributed by atoms with van der Waals surface area (Å²) in [6, 6.07) is 0. The average Bonchev–Trinajstić information content (AvgIpc) is 2.12. The maximum absolute atomic E-state index is 12.9. The molecule has 0 bridgehead atoms. The van der Waals surface area contributed by atoms with Crippen molar-refractivity contribution in [3.63, 3.8) is 0 Å². The molecule has 100 valence electrons. The summed E-state index contributed by atoms with van der Waals surface area (Å²) >= 11 is 0. The molecule has 3 atom stereocenters. The molecule has 0 aromatic carbocycles. The van der Waals surface area contributed by atoms with Crippen molar-refractivity contribution in [1.29, 1.82) is 0 Å². The molecule has 0 saturated heterocycles. The third-order valence-corrected chi connectivity index (χ3v) is 3.65. The van der Waals surface area contributed by atoms with E-state index in [1.54, 1.807) is 0 Å². The van der Waals surface area contributed by atoms with Gasteiger partial charge >= 0.3 is 12.1 Å². The zero-order valence-corrected chi connectivity index (χ0v) is 9.92. The zero-order chi connectivity index (χ0) is 13.4. The molecule has 6 heteroatoms. The van der Waals surface area contributed by atoms with Gasteiger partial charge in [-0.15, -0.1) is 0 Å². The van der Waals surface area contributed by atoms with Crippen molar-refractivity contribution >= 4 is 5.97 Å². The third-order valence-electron chi connectivity index (χ3n) is 3.65. The molecule has 0 heterocycles. The Kier molecular flexibility index (Phi) is 3.76. The number of hydrogen-bond donors (Lipinski definition) is 2. The van der Waals surface area contributed by atoms with Gasteiger partial charge in [0.05, 0.1) is 0 Å². The summed E-state index contributed by atoms with van der Waals surface area (Å²) in [5.41, 5.74) is 2.08. The highest BCUT2D eigenvalue weighted by Gasteiger charge is 2.63. The average molecular weight is 253 g/mol. The Bertz CT molecular complexity index is 296. The first kappa shape index (κ1) is 14.3. The standard InChI is InChI=1S/C11H18F3NO2/c1-6-3-7(2)5-8(4-6)10(15,9(16)17)11(12,13)14/h6-8H,3-5,15H2,1-2H3,(H,16,17). The molecule has 0 amide bonds. The maximum atomic E-state index is 12.9. The van der Waals surface area contributed by atoms with Crippen LogP contribution in [0, 0.1) is 17.8 Å². The lowest BCUT2D eigenvalue weighted by Crippen LogP contribution is -2.65. The minimum absolute atomic E-state index is 0.0772. The van der Waals surface area contributed by atoms with Gasteiger partial charge in [0.15, 0.2) is 0 Å². The lowest BCUT2D eigenvalue weighted by Gasteiger charge is -2.41. The van der Waals surface area contributed by atoms with Crippen LogP contribution in [-0.4, -0.2) is 22.8 Å². The van der Waals surface area contributed by atoms with Crippen molar-refractivity contribution in [3.05, 3.63) is 0 Å². The van der Waals surface area contributed by atoms with Gasteiger partial charge in [-0.3, -0.25) is 0 Å². The Morgan fingerprint density at radius 1 is 1.18 bits per heavy atom. The van der Waals surface area contributed by atoms with Crippen LogP contribution >= 0.6 is 0 Å². The summed E-state index contributed by atoms with van der Waals surface area (Å²) in [4.78, 5) is 10.9. The molecular weight excluding hydrogens is 235 g/mol. The van der Waals surface area contributed by atoms with Gasteiger partial charge < -0.3 is 10.8 Å². The molecule has 0 spiro atoms. The quantitative estimate of drug-likeness (QED) is 0.794. The monoisotopic (exact) mass is 253 g/mol. The van der Waals surface area contributed by atoms with Crippen molar-refractivity contribution in [2.24, 2.45) is 23.5 Å². The van der Waals surface area contributed by atoms with Crippen molar-refractivity contribution in [1.82, 2.24) is 0 Å². The normalized spacial score (nSPS) is 34.1. The highest BCUT2D eigenvalue weighted by molar-refractivity contribution is 5.80. The molecule has 3 N–H and O–H groups in total. The number of hydrogen-bond acceptors (Lipinski definition) is 2. The second kappa shape index (κ2) is 4.48. The highest BCUT2D eigenvalue weighted by atomic mass is 19.4. The van der Waals surface area contributed by atoms with Crippen LogP contribution < -0.4 is 5.73 Å². The number of alkyl halides is 3. The summed E-state index contributed by atoms with van der Waals surface area (Å²) in [5.74, 6) is -2.86. The Morgan fingerprint density at radius 3 is 1.88 bits per heavy atom. The van der Waals surface area contributed by atoms with Crippen LogP contribution in [0.1, 0.15) is 33.1 Å². The molecule has 0 aromatic heterocycles. The maximum Gasteiger partial charge on any atom is 0.417 e. The molecule has 1 saturated carbocycles. The molecule has 17 heavy (non-hydrogen) atoms. The second-order valence-corrected chi connectivity index (χ2v) is 5.29.